The van der Waals surface area contributed by atoms with Gasteiger partial charge in [0.25, 0.3) is 5.91 Å². The molecule has 6 nitrogen and oxygen atoms in total. The van der Waals surface area contributed by atoms with Gasteiger partial charge >= 0.3 is 5.97 Å². The van der Waals surface area contributed by atoms with E-state index in [0.717, 1.165) is 0 Å². The highest BCUT2D eigenvalue weighted by Crippen LogP contribution is 2.20. The van der Waals surface area contributed by atoms with E-state index in [2.05, 4.69) is 10.6 Å². The van der Waals surface area contributed by atoms with Crippen LogP contribution < -0.4 is 10.6 Å². The number of methoxy groups -OCH3 is 1. The summed E-state index contributed by atoms with van der Waals surface area (Å²) in [4.78, 5) is 36.1. The third-order valence-corrected chi connectivity index (χ3v) is 3.92. The van der Waals surface area contributed by atoms with Gasteiger partial charge < -0.3 is 15.4 Å². The topological polar surface area (TPSA) is 84.5 Å². The van der Waals surface area contributed by atoms with Gasteiger partial charge in [0.05, 0.1) is 12.7 Å². The van der Waals surface area contributed by atoms with Gasteiger partial charge in [-0.05, 0) is 43.7 Å². The van der Waals surface area contributed by atoms with Crippen molar-refractivity contribution in [1.82, 2.24) is 5.32 Å². The zero-order valence-electron chi connectivity index (χ0n) is 15.0. The van der Waals surface area contributed by atoms with Crippen LogP contribution in [0.4, 0.5) is 5.69 Å². The predicted octanol–water partition coefficient (Wildman–Crippen LogP) is 2.93. The molecule has 6 heteroatoms. The number of nitrogens with one attached hydrogen (secondary N) is 2. The molecule has 2 amide bonds. The van der Waals surface area contributed by atoms with Crippen molar-refractivity contribution in [1.29, 1.82) is 0 Å². The first-order valence-corrected chi connectivity index (χ1v) is 8.26. The summed E-state index contributed by atoms with van der Waals surface area (Å²) in [5.74, 6) is -0.937. The quantitative estimate of drug-likeness (QED) is 0.781. The second-order valence-electron chi connectivity index (χ2n) is 5.96. The maximum atomic E-state index is 12.3. The molecule has 2 aromatic carbocycles. The Kier molecular flexibility index (Phi) is 6.49. The number of carbonyl (C=O) groups is 3. The van der Waals surface area contributed by atoms with Gasteiger partial charge in [-0.15, -0.1) is 0 Å². The zero-order chi connectivity index (χ0) is 19.1. The van der Waals surface area contributed by atoms with Crippen LogP contribution in [0.3, 0.4) is 0 Å². The maximum Gasteiger partial charge on any atom is 0.338 e. The van der Waals surface area contributed by atoms with Crippen molar-refractivity contribution in [2.75, 3.05) is 12.4 Å². The first-order chi connectivity index (χ1) is 12.4. The monoisotopic (exact) mass is 354 g/mol. The minimum absolute atomic E-state index is 0.112. The normalized spacial score (nSPS) is 11.3. The number of ether oxygens (including phenoxy) is 1. The zero-order valence-corrected chi connectivity index (χ0v) is 15.0. The Bertz CT molecular complexity index is 803. The van der Waals surface area contributed by atoms with Crippen molar-refractivity contribution in [3.8, 4) is 0 Å². The molecular formula is C20H22N2O4. The van der Waals surface area contributed by atoms with Gasteiger partial charge in [0.15, 0.2) is 0 Å². The Balaban J connectivity index is 1.96. The third kappa shape index (κ3) is 4.92. The summed E-state index contributed by atoms with van der Waals surface area (Å²) in [6.45, 7) is 3.50. The van der Waals surface area contributed by atoms with Crippen molar-refractivity contribution in [3.05, 3.63) is 65.2 Å². The summed E-state index contributed by atoms with van der Waals surface area (Å²) in [7, 11) is 1.31. The number of benzene rings is 2. The van der Waals surface area contributed by atoms with Gasteiger partial charge in [-0.2, -0.15) is 0 Å². The van der Waals surface area contributed by atoms with Crippen molar-refractivity contribution >= 4 is 23.5 Å². The van der Waals surface area contributed by atoms with Crippen LogP contribution in [0, 0.1) is 6.92 Å². The van der Waals surface area contributed by atoms with Gasteiger partial charge in [0, 0.05) is 23.7 Å². The fourth-order valence-corrected chi connectivity index (χ4v) is 2.53. The highest BCUT2D eigenvalue weighted by Gasteiger charge is 2.16. The Hall–Kier alpha value is -3.15. The molecule has 0 aliphatic carbocycles. The summed E-state index contributed by atoms with van der Waals surface area (Å²) in [6.07, 6.45) is 0.112. The van der Waals surface area contributed by atoms with E-state index in [1.807, 2.05) is 6.07 Å². The van der Waals surface area contributed by atoms with Crippen molar-refractivity contribution < 1.29 is 19.1 Å². The lowest BCUT2D eigenvalue weighted by Gasteiger charge is -2.15. The number of anilines is 1. The molecule has 136 valence electrons. The lowest BCUT2D eigenvalue weighted by molar-refractivity contribution is -0.116. The van der Waals surface area contributed by atoms with E-state index in [1.54, 1.807) is 56.3 Å². The number of hydrogen-bond acceptors (Lipinski definition) is 4. The molecule has 0 spiro atoms. The average molecular weight is 354 g/mol. The highest BCUT2D eigenvalue weighted by molar-refractivity contribution is 5.97. The molecule has 0 saturated heterocycles. The third-order valence-electron chi connectivity index (χ3n) is 3.92. The van der Waals surface area contributed by atoms with E-state index in [4.69, 9.17) is 4.74 Å². The Labute approximate surface area is 152 Å². The van der Waals surface area contributed by atoms with E-state index < -0.39 is 5.97 Å². The highest BCUT2D eigenvalue weighted by atomic mass is 16.5. The molecule has 26 heavy (non-hydrogen) atoms. The second-order valence-corrected chi connectivity index (χ2v) is 5.96. The molecule has 0 radical (unpaired) electrons. The standard InChI is InChI=1S/C20H22N2O4/c1-13(21-19(24)15-8-5-4-6-9-15)12-18(23)22-17-11-7-10-16(14(17)2)20(25)26-3/h4-11,13H,12H2,1-3H3,(H,21,24)(H,22,23). The van der Waals surface area contributed by atoms with Crippen LogP contribution >= 0.6 is 0 Å². The van der Waals surface area contributed by atoms with E-state index >= 15 is 0 Å². The average Bonchev–Trinajstić information content (AvgIpc) is 2.63. The fourth-order valence-electron chi connectivity index (χ4n) is 2.53. The molecule has 0 aliphatic rings. The van der Waals surface area contributed by atoms with Crippen LogP contribution in [0.15, 0.2) is 48.5 Å². The number of hydrogen-bond donors (Lipinski definition) is 2. The summed E-state index contributed by atoms with van der Waals surface area (Å²) < 4.78 is 4.73. The second kappa shape index (κ2) is 8.80. The lowest BCUT2D eigenvalue weighted by Crippen LogP contribution is -2.35. The van der Waals surface area contributed by atoms with Crippen LogP contribution in [0.25, 0.3) is 0 Å². The Morgan fingerprint density at radius 2 is 1.73 bits per heavy atom. The Morgan fingerprint density at radius 1 is 1.04 bits per heavy atom. The maximum absolute atomic E-state index is 12.3. The molecule has 0 saturated carbocycles. The molecule has 0 aliphatic heterocycles. The first-order valence-electron chi connectivity index (χ1n) is 8.26. The van der Waals surface area contributed by atoms with Crippen LogP contribution in [-0.4, -0.2) is 30.9 Å². The molecule has 1 atom stereocenters. The van der Waals surface area contributed by atoms with Crippen LogP contribution in [0.5, 0.6) is 0 Å². The number of amides is 2. The fraction of sp³-hybridized carbons (Fsp3) is 0.250. The first kappa shape index (κ1) is 19.2. The van der Waals surface area contributed by atoms with E-state index in [9.17, 15) is 14.4 Å². The molecular weight excluding hydrogens is 332 g/mol. The largest absolute Gasteiger partial charge is 0.465 e. The summed E-state index contributed by atoms with van der Waals surface area (Å²) in [5, 5.41) is 5.57. The predicted molar refractivity (Wildman–Crippen MR) is 99.1 cm³/mol. The van der Waals surface area contributed by atoms with Crippen molar-refractivity contribution in [2.45, 2.75) is 26.3 Å². The smallest absolute Gasteiger partial charge is 0.338 e. The van der Waals surface area contributed by atoms with Gasteiger partial charge in [-0.25, -0.2) is 4.79 Å². The van der Waals surface area contributed by atoms with Crippen LogP contribution in [0.1, 0.15) is 39.6 Å². The summed E-state index contributed by atoms with van der Waals surface area (Å²) >= 11 is 0. The van der Waals surface area contributed by atoms with Crippen molar-refractivity contribution in [2.24, 2.45) is 0 Å². The molecule has 0 bridgehead atoms. The van der Waals surface area contributed by atoms with Crippen molar-refractivity contribution in [3.63, 3.8) is 0 Å². The van der Waals surface area contributed by atoms with Gasteiger partial charge in [0.2, 0.25) is 5.91 Å². The van der Waals surface area contributed by atoms with Gasteiger partial charge in [0.1, 0.15) is 0 Å². The van der Waals surface area contributed by atoms with Gasteiger partial charge in [-0.3, -0.25) is 9.59 Å². The van der Waals surface area contributed by atoms with E-state index in [0.29, 0.717) is 22.4 Å². The molecule has 1 unspecified atom stereocenters. The summed E-state index contributed by atoms with van der Waals surface area (Å²) in [6, 6.07) is 13.5. The molecule has 0 aromatic heterocycles. The van der Waals surface area contributed by atoms with E-state index in [-0.39, 0.29) is 24.3 Å². The SMILES string of the molecule is COC(=O)c1cccc(NC(=O)CC(C)NC(=O)c2ccccc2)c1C. The molecule has 0 fully saturated rings. The van der Waals surface area contributed by atoms with Crippen LogP contribution in [0.2, 0.25) is 0 Å². The number of carbonyl (C=O) groups excluding carboxylic acids is 3. The minimum Gasteiger partial charge on any atom is -0.465 e. The Morgan fingerprint density at radius 3 is 2.38 bits per heavy atom. The lowest BCUT2D eigenvalue weighted by atomic mass is 10.1. The number of esters is 1. The molecule has 0 heterocycles. The molecule has 2 N–H and O–H groups in total. The minimum atomic E-state index is -0.456. The number of rotatable bonds is 6. The van der Waals surface area contributed by atoms with Crippen LogP contribution in [-0.2, 0) is 9.53 Å². The molecule has 2 aromatic rings. The molecule has 2 rings (SSSR count). The van der Waals surface area contributed by atoms with Gasteiger partial charge in [-0.1, -0.05) is 24.3 Å². The van der Waals surface area contributed by atoms with E-state index in [1.165, 1.54) is 7.11 Å². The summed E-state index contributed by atoms with van der Waals surface area (Å²) in [5.41, 5.74) is 2.12.